The lowest BCUT2D eigenvalue weighted by atomic mass is 9.93. The maximum Gasteiger partial charge on any atom is 0.242 e. The fourth-order valence-corrected chi connectivity index (χ4v) is 2.87. The topological polar surface area (TPSA) is 66.0 Å². The number of aliphatic imine (C=N–C) groups is 1. The van der Waals surface area contributed by atoms with E-state index < -0.39 is 0 Å². The summed E-state index contributed by atoms with van der Waals surface area (Å²) in [4.78, 5) is 18.8. The van der Waals surface area contributed by atoms with Crippen molar-refractivity contribution in [3.8, 4) is 5.75 Å². The summed E-state index contributed by atoms with van der Waals surface area (Å²) in [7, 11) is 1.64. The Morgan fingerprint density at radius 2 is 2.00 bits per heavy atom. The van der Waals surface area contributed by atoms with Crippen LogP contribution in [0.1, 0.15) is 32.8 Å². The molecule has 0 saturated carbocycles. The van der Waals surface area contributed by atoms with E-state index in [1.54, 1.807) is 7.11 Å². The molecular weight excluding hydrogens is 316 g/mol. The Hall–Kier alpha value is -2.24. The molecule has 0 bridgehead atoms. The summed E-state index contributed by atoms with van der Waals surface area (Å²) in [5.74, 6) is 1.56. The number of hydrogen-bond acceptors (Lipinski definition) is 3. The van der Waals surface area contributed by atoms with Gasteiger partial charge in [-0.3, -0.25) is 4.79 Å². The number of benzene rings is 1. The molecule has 1 aliphatic heterocycles. The Morgan fingerprint density at radius 3 is 2.56 bits per heavy atom. The van der Waals surface area contributed by atoms with Gasteiger partial charge in [-0.2, -0.15) is 0 Å². The second-order valence-electron chi connectivity index (χ2n) is 7.13. The van der Waals surface area contributed by atoms with Gasteiger partial charge < -0.3 is 20.3 Å². The van der Waals surface area contributed by atoms with Gasteiger partial charge in [0, 0.05) is 26.2 Å². The molecule has 0 radical (unpaired) electrons. The van der Waals surface area contributed by atoms with Crippen LogP contribution in [-0.2, 0) is 11.3 Å². The van der Waals surface area contributed by atoms with Gasteiger partial charge in [0.25, 0.3) is 0 Å². The molecule has 138 valence electrons. The molecule has 1 aromatic rings. The first-order valence-electron chi connectivity index (χ1n) is 8.86. The van der Waals surface area contributed by atoms with E-state index in [0.717, 1.165) is 43.3 Å². The summed E-state index contributed by atoms with van der Waals surface area (Å²) >= 11 is 0. The first-order chi connectivity index (χ1) is 11.9. The molecule has 2 rings (SSSR count). The van der Waals surface area contributed by atoms with Gasteiger partial charge in [0.15, 0.2) is 5.96 Å². The zero-order valence-electron chi connectivity index (χ0n) is 15.8. The summed E-state index contributed by atoms with van der Waals surface area (Å²) in [6, 6.07) is 7.66. The molecule has 25 heavy (non-hydrogen) atoms. The predicted octanol–water partition coefficient (Wildman–Crippen LogP) is 2.01. The number of hydrogen-bond donors (Lipinski definition) is 2. The highest BCUT2D eigenvalue weighted by Gasteiger charge is 2.30. The van der Waals surface area contributed by atoms with Gasteiger partial charge in [-0.05, 0) is 36.5 Å². The van der Waals surface area contributed by atoms with Crippen molar-refractivity contribution in [2.24, 2.45) is 10.4 Å². The number of nitrogens with one attached hydrogen (secondary N) is 2. The minimum atomic E-state index is -0.0790. The number of ether oxygens (including phenoxy) is 1. The van der Waals surface area contributed by atoms with E-state index in [9.17, 15) is 4.79 Å². The largest absolute Gasteiger partial charge is 0.497 e. The maximum absolute atomic E-state index is 12.1. The molecule has 6 heteroatoms. The number of nitrogens with zero attached hydrogens (tertiary/aromatic N) is 2. The second kappa shape index (κ2) is 8.74. The number of likely N-dealkylation sites (tertiary alicyclic amines) is 1. The number of carbonyl (C=O) groups is 1. The Morgan fingerprint density at radius 1 is 1.28 bits per heavy atom. The van der Waals surface area contributed by atoms with Crippen molar-refractivity contribution in [1.82, 2.24) is 15.5 Å². The lowest BCUT2D eigenvalue weighted by molar-refractivity contribution is -0.119. The normalized spacial score (nSPS) is 16.6. The minimum absolute atomic E-state index is 0.0790. The fourth-order valence-electron chi connectivity index (χ4n) is 2.87. The Bertz CT molecular complexity index is 596. The molecule has 1 aliphatic rings. The highest BCUT2D eigenvalue weighted by molar-refractivity contribution is 5.85. The average Bonchev–Trinajstić information content (AvgIpc) is 2.97. The maximum atomic E-state index is 12.1. The highest BCUT2D eigenvalue weighted by Crippen LogP contribution is 2.28. The van der Waals surface area contributed by atoms with E-state index >= 15 is 0 Å². The molecule has 1 heterocycles. The highest BCUT2D eigenvalue weighted by atomic mass is 16.5. The zero-order valence-corrected chi connectivity index (χ0v) is 15.8. The molecule has 0 atom stereocenters. The van der Waals surface area contributed by atoms with Crippen molar-refractivity contribution < 1.29 is 9.53 Å². The third-order valence-corrected chi connectivity index (χ3v) is 4.33. The van der Waals surface area contributed by atoms with Crippen LogP contribution in [0.5, 0.6) is 5.75 Å². The molecule has 1 fully saturated rings. The molecule has 1 saturated heterocycles. The fraction of sp³-hybridized carbons (Fsp3) is 0.579. The van der Waals surface area contributed by atoms with Crippen molar-refractivity contribution in [1.29, 1.82) is 0 Å². The third kappa shape index (κ3) is 5.96. The van der Waals surface area contributed by atoms with Gasteiger partial charge in [0.1, 0.15) is 12.3 Å². The molecule has 1 amide bonds. The van der Waals surface area contributed by atoms with Crippen LogP contribution >= 0.6 is 0 Å². The van der Waals surface area contributed by atoms with E-state index in [1.165, 1.54) is 0 Å². The number of rotatable bonds is 6. The molecule has 0 spiro atoms. The number of guanidine groups is 1. The molecule has 6 nitrogen and oxygen atoms in total. The molecule has 1 aromatic carbocycles. The van der Waals surface area contributed by atoms with E-state index in [0.29, 0.717) is 12.0 Å². The lowest BCUT2D eigenvalue weighted by Crippen LogP contribution is -2.41. The van der Waals surface area contributed by atoms with Gasteiger partial charge in [0.2, 0.25) is 5.91 Å². The molecule has 0 aliphatic carbocycles. The van der Waals surface area contributed by atoms with Crippen LogP contribution in [0.25, 0.3) is 0 Å². The van der Waals surface area contributed by atoms with Gasteiger partial charge in [-0.25, -0.2) is 4.99 Å². The van der Waals surface area contributed by atoms with Crippen LogP contribution in [0.2, 0.25) is 0 Å². The van der Waals surface area contributed by atoms with E-state index in [-0.39, 0.29) is 12.5 Å². The molecular formula is C19H30N4O2. The number of methoxy groups -OCH3 is 1. The first kappa shape index (κ1) is 19.1. The van der Waals surface area contributed by atoms with E-state index in [4.69, 9.17) is 4.74 Å². The average molecular weight is 346 g/mol. The van der Waals surface area contributed by atoms with Crippen LogP contribution in [0.4, 0.5) is 0 Å². The summed E-state index contributed by atoms with van der Waals surface area (Å²) < 4.78 is 5.13. The Kier molecular flexibility index (Phi) is 6.67. The zero-order chi connectivity index (χ0) is 18.3. The van der Waals surface area contributed by atoms with Crippen LogP contribution in [0.15, 0.2) is 29.3 Å². The number of amides is 1. The monoisotopic (exact) mass is 346 g/mol. The van der Waals surface area contributed by atoms with Crippen molar-refractivity contribution in [2.45, 2.75) is 33.7 Å². The summed E-state index contributed by atoms with van der Waals surface area (Å²) in [5.41, 5.74) is 1.33. The SMILES string of the molecule is CCNC(=NCC(=O)NCc1ccc(OC)cc1)N1CCC(C)(C)C1. The predicted molar refractivity (Wildman–Crippen MR) is 101 cm³/mol. The Balaban J connectivity index is 1.85. The van der Waals surface area contributed by atoms with Crippen LogP contribution in [0.3, 0.4) is 0 Å². The number of carbonyl (C=O) groups excluding carboxylic acids is 1. The third-order valence-electron chi connectivity index (χ3n) is 4.33. The first-order valence-corrected chi connectivity index (χ1v) is 8.86. The van der Waals surface area contributed by atoms with Gasteiger partial charge in [-0.15, -0.1) is 0 Å². The quantitative estimate of drug-likeness (QED) is 0.611. The van der Waals surface area contributed by atoms with Gasteiger partial charge in [0.05, 0.1) is 7.11 Å². The summed E-state index contributed by atoms with van der Waals surface area (Å²) in [6.07, 6.45) is 1.14. The second-order valence-corrected chi connectivity index (χ2v) is 7.13. The molecule has 0 unspecified atom stereocenters. The summed E-state index contributed by atoms with van der Waals surface area (Å²) in [6.45, 7) is 9.93. The Labute approximate surface area is 150 Å². The minimum Gasteiger partial charge on any atom is -0.497 e. The van der Waals surface area contributed by atoms with Crippen molar-refractivity contribution in [3.05, 3.63) is 29.8 Å². The van der Waals surface area contributed by atoms with E-state index in [2.05, 4.69) is 34.4 Å². The molecule has 2 N–H and O–H groups in total. The van der Waals surface area contributed by atoms with Crippen LogP contribution < -0.4 is 15.4 Å². The van der Waals surface area contributed by atoms with E-state index in [1.807, 2.05) is 31.2 Å². The van der Waals surface area contributed by atoms with Crippen molar-refractivity contribution >= 4 is 11.9 Å². The van der Waals surface area contributed by atoms with Crippen LogP contribution in [-0.4, -0.2) is 50.1 Å². The standard InChI is InChI=1S/C19H30N4O2/c1-5-20-18(23-11-10-19(2,3)14-23)22-13-17(24)21-12-15-6-8-16(25-4)9-7-15/h6-9H,5,10-14H2,1-4H3,(H,20,22)(H,21,24). The van der Waals surface area contributed by atoms with Gasteiger partial charge >= 0.3 is 0 Å². The van der Waals surface area contributed by atoms with Crippen molar-refractivity contribution in [3.63, 3.8) is 0 Å². The van der Waals surface area contributed by atoms with Crippen molar-refractivity contribution in [2.75, 3.05) is 33.3 Å². The summed E-state index contributed by atoms with van der Waals surface area (Å²) in [5, 5.41) is 6.19. The molecule has 0 aromatic heterocycles. The lowest BCUT2D eigenvalue weighted by Gasteiger charge is -2.23. The van der Waals surface area contributed by atoms with Gasteiger partial charge in [-0.1, -0.05) is 26.0 Å². The smallest absolute Gasteiger partial charge is 0.242 e. The van der Waals surface area contributed by atoms with Crippen LogP contribution in [0, 0.1) is 5.41 Å².